The van der Waals surface area contributed by atoms with E-state index in [1.165, 1.54) is 0 Å². The summed E-state index contributed by atoms with van der Waals surface area (Å²) in [5.74, 6) is 2.29. The van der Waals surface area contributed by atoms with Gasteiger partial charge < -0.3 is 19.3 Å². The van der Waals surface area contributed by atoms with Crippen molar-refractivity contribution in [3.63, 3.8) is 0 Å². The van der Waals surface area contributed by atoms with Crippen molar-refractivity contribution in [2.45, 2.75) is 52.4 Å². The van der Waals surface area contributed by atoms with E-state index in [0.717, 1.165) is 45.6 Å². The first-order chi connectivity index (χ1) is 16.9. The van der Waals surface area contributed by atoms with Crippen LogP contribution in [0.2, 0.25) is 0 Å². The zero-order valence-electron chi connectivity index (χ0n) is 20.7. The SMILES string of the molecule is Cc1c(COc2cccc(OCCCC(C)(C)O)c2)nc2ccccc2c1OCc1ccccc1. The first-order valence-electron chi connectivity index (χ1n) is 12.0. The van der Waals surface area contributed by atoms with Gasteiger partial charge in [0.05, 0.1) is 23.4 Å². The molecule has 0 aliphatic carbocycles. The van der Waals surface area contributed by atoms with E-state index in [1.807, 2.05) is 87.5 Å². The van der Waals surface area contributed by atoms with E-state index in [2.05, 4.69) is 12.1 Å². The van der Waals surface area contributed by atoms with E-state index >= 15 is 0 Å². The molecule has 4 rings (SSSR count). The summed E-state index contributed by atoms with van der Waals surface area (Å²) in [5, 5.41) is 10.8. The monoisotopic (exact) mass is 471 g/mol. The molecule has 5 nitrogen and oxygen atoms in total. The fraction of sp³-hybridized carbons (Fsp3) is 0.300. The Morgan fingerprint density at radius 2 is 1.51 bits per heavy atom. The Kier molecular flexibility index (Phi) is 7.88. The lowest BCUT2D eigenvalue weighted by atomic mass is 10.0. The third-order valence-corrected chi connectivity index (χ3v) is 5.79. The molecule has 1 heterocycles. The van der Waals surface area contributed by atoms with Crippen LogP contribution in [0.1, 0.15) is 43.5 Å². The van der Waals surface area contributed by atoms with Crippen LogP contribution in [-0.4, -0.2) is 22.3 Å². The Morgan fingerprint density at radius 1 is 0.800 bits per heavy atom. The molecule has 3 aromatic carbocycles. The van der Waals surface area contributed by atoms with Gasteiger partial charge in [0.1, 0.15) is 30.5 Å². The summed E-state index contributed by atoms with van der Waals surface area (Å²) < 4.78 is 18.2. The molecule has 1 aromatic heterocycles. The molecule has 0 bridgehead atoms. The maximum atomic E-state index is 9.85. The molecular weight excluding hydrogens is 438 g/mol. The molecule has 5 heteroatoms. The van der Waals surface area contributed by atoms with Crippen molar-refractivity contribution in [1.82, 2.24) is 4.98 Å². The second-order valence-corrected chi connectivity index (χ2v) is 9.33. The van der Waals surface area contributed by atoms with Gasteiger partial charge in [-0.2, -0.15) is 0 Å². The highest BCUT2D eigenvalue weighted by molar-refractivity contribution is 5.86. The van der Waals surface area contributed by atoms with E-state index in [0.29, 0.717) is 32.0 Å². The zero-order chi connectivity index (χ0) is 24.7. The van der Waals surface area contributed by atoms with Crippen molar-refractivity contribution >= 4 is 10.9 Å². The topological polar surface area (TPSA) is 60.8 Å². The molecule has 0 saturated heterocycles. The average Bonchev–Trinajstić information content (AvgIpc) is 2.85. The second kappa shape index (κ2) is 11.2. The Hall–Kier alpha value is -3.57. The highest BCUT2D eigenvalue weighted by Gasteiger charge is 2.14. The van der Waals surface area contributed by atoms with Crippen molar-refractivity contribution < 1.29 is 19.3 Å². The maximum absolute atomic E-state index is 9.85. The van der Waals surface area contributed by atoms with E-state index < -0.39 is 5.60 Å². The van der Waals surface area contributed by atoms with Crippen LogP contribution in [0.25, 0.3) is 10.9 Å². The van der Waals surface area contributed by atoms with Gasteiger partial charge in [-0.1, -0.05) is 48.5 Å². The van der Waals surface area contributed by atoms with Crippen LogP contribution >= 0.6 is 0 Å². The maximum Gasteiger partial charge on any atom is 0.134 e. The molecule has 0 fully saturated rings. The minimum absolute atomic E-state index is 0.320. The summed E-state index contributed by atoms with van der Waals surface area (Å²) in [7, 11) is 0. The largest absolute Gasteiger partial charge is 0.493 e. The van der Waals surface area contributed by atoms with Crippen LogP contribution in [-0.2, 0) is 13.2 Å². The summed E-state index contributed by atoms with van der Waals surface area (Å²) in [5.41, 5.74) is 3.12. The Bertz CT molecular complexity index is 1250. The first-order valence-corrected chi connectivity index (χ1v) is 12.0. The van der Waals surface area contributed by atoms with Crippen LogP contribution in [0.15, 0.2) is 78.9 Å². The number of pyridine rings is 1. The molecule has 1 N–H and O–H groups in total. The number of fused-ring (bicyclic) bond motifs is 1. The van der Waals surface area contributed by atoms with Crippen molar-refractivity contribution in [1.29, 1.82) is 0 Å². The molecule has 0 aliphatic heterocycles. The number of hydrogen-bond acceptors (Lipinski definition) is 5. The highest BCUT2D eigenvalue weighted by atomic mass is 16.5. The van der Waals surface area contributed by atoms with Gasteiger partial charge in [-0.25, -0.2) is 4.98 Å². The predicted octanol–water partition coefficient (Wildman–Crippen LogP) is 6.63. The quantitative estimate of drug-likeness (QED) is 0.249. The van der Waals surface area contributed by atoms with Gasteiger partial charge in [0.2, 0.25) is 0 Å². The molecule has 4 aromatic rings. The molecule has 0 radical (unpaired) electrons. The third kappa shape index (κ3) is 6.96. The molecule has 35 heavy (non-hydrogen) atoms. The number of benzene rings is 3. The number of para-hydroxylation sites is 1. The predicted molar refractivity (Wildman–Crippen MR) is 139 cm³/mol. The zero-order valence-corrected chi connectivity index (χ0v) is 20.7. The fourth-order valence-corrected chi connectivity index (χ4v) is 3.88. The van der Waals surface area contributed by atoms with Gasteiger partial charge in [0, 0.05) is 17.0 Å². The Labute approximate surface area is 207 Å². The van der Waals surface area contributed by atoms with Crippen molar-refractivity contribution in [3.8, 4) is 17.2 Å². The molecule has 0 amide bonds. The second-order valence-electron chi connectivity index (χ2n) is 9.33. The van der Waals surface area contributed by atoms with Crippen LogP contribution in [0, 0.1) is 6.92 Å². The van der Waals surface area contributed by atoms with Crippen molar-refractivity contribution in [3.05, 3.63) is 95.7 Å². The minimum Gasteiger partial charge on any atom is -0.493 e. The summed E-state index contributed by atoms with van der Waals surface area (Å²) in [6, 6.07) is 25.8. The Balaban J connectivity index is 1.46. The molecule has 182 valence electrons. The van der Waals surface area contributed by atoms with E-state index in [4.69, 9.17) is 19.2 Å². The fourth-order valence-electron chi connectivity index (χ4n) is 3.88. The molecule has 0 unspecified atom stereocenters. The van der Waals surface area contributed by atoms with Crippen molar-refractivity contribution in [2.75, 3.05) is 6.61 Å². The third-order valence-electron chi connectivity index (χ3n) is 5.79. The lowest BCUT2D eigenvalue weighted by Gasteiger charge is -2.17. The van der Waals surface area contributed by atoms with Crippen LogP contribution in [0.4, 0.5) is 0 Å². The summed E-state index contributed by atoms with van der Waals surface area (Å²) in [4.78, 5) is 4.85. The molecule has 0 spiro atoms. The summed E-state index contributed by atoms with van der Waals surface area (Å²) in [6.45, 7) is 7.00. The molecule has 0 aliphatic rings. The van der Waals surface area contributed by atoms with E-state index in [1.54, 1.807) is 0 Å². The van der Waals surface area contributed by atoms with Gasteiger partial charge >= 0.3 is 0 Å². The van der Waals surface area contributed by atoms with Gasteiger partial charge in [-0.05, 0) is 63.4 Å². The number of ether oxygens (including phenoxy) is 3. The molecular formula is C30H33NO4. The number of nitrogens with zero attached hydrogens (tertiary/aromatic N) is 1. The first kappa shape index (κ1) is 24.6. The summed E-state index contributed by atoms with van der Waals surface area (Å²) >= 11 is 0. The van der Waals surface area contributed by atoms with Crippen LogP contribution in [0.5, 0.6) is 17.2 Å². The van der Waals surface area contributed by atoms with Gasteiger partial charge in [0.15, 0.2) is 0 Å². The van der Waals surface area contributed by atoms with Crippen LogP contribution in [0.3, 0.4) is 0 Å². The molecule has 0 atom stereocenters. The lowest BCUT2D eigenvalue weighted by Crippen LogP contribution is -2.19. The summed E-state index contributed by atoms with van der Waals surface area (Å²) in [6.07, 6.45) is 1.46. The number of rotatable bonds is 11. The Morgan fingerprint density at radius 3 is 2.29 bits per heavy atom. The van der Waals surface area contributed by atoms with E-state index in [9.17, 15) is 5.11 Å². The minimum atomic E-state index is -0.678. The van der Waals surface area contributed by atoms with Gasteiger partial charge in [-0.15, -0.1) is 0 Å². The normalized spacial score (nSPS) is 11.4. The van der Waals surface area contributed by atoms with Crippen molar-refractivity contribution in [2.24, 2.45) is 0 Å². The lowest BCUT2D eigenvalue weighted by molar-refractivity contribution is 0.0641. The smallest absolute Gasteiger partial charge is 0.134 e. The number of hydrogen-bond donors (Lipinski definition) is 1. The number of aliphatic hydroxyl groups is 1. The number of aromatic nitrogens is 1. The van der Waals surface area contributed by atoms with Gasteiger partial charge in [0.25, 0.3) is 0 Å². The average molecular weight is 472 g/mol. The standard InChI is InChI=1S/C30H33NO4/c1-22-28(21-34-25-14-9-13-24(19-25)33-18-10-17-30(2,3)32)31-27-16-8-7-15-26(27)29(22)35-20-23-11-5-4-6-12-23/h4-9,11-16,19,32H,10,17-18,20-21H2,1-3H3. The van der Waals surface area contributed by atoms with E-state index in [-0.39, 0.29) is 0 Å². The van der Waals surface area contributed by atoms with Gasteiger partial charge in [-0.3, -0.25) is 0 Å². The van der Waals surface area contributed by atoms with Crippen LogP contribution < -0.4 is 14.2 Å². The molecule has 0 saturated carbocycles. The highest BCUT2D eigenvalue weighted by Crippen LogP contribution is 2.32.